The third kappa shape index (κ3) is 3.37. The molecule has 1 aromatic heterocycles. The highest BCUT2D eigenvalue weighted by molar-refractivity contribution is 5.54. The Morgan fingerprint density at radius 3 is 2.70 bits per heavy atom. The van der Waals surface area contributed by atoms with Crippen LogP contribution in [0.2, 0.25) is 0 Å². The van der Waals surface area contributed by atoms with Crippen LogP contribution in [-0.4, -0.2) is 23.0 Å². The SMILES string of the molecule is CCC1CCCCC1Nc1cc([N+](=O)[O-])cc(NC)n1. The fourth-order valence-electron chi connectivity index (χ4n) is 2.90. The van der Waals surface area contributed by atoms with Gasteiger partial charge >= 0.3 is 0 Å². The predicted octanol–water partition coefficient (Wildman–Crippen LogP) is 3.41. The van der Waals surface area contributed by atoms with Gasteiger partial charge in [0.15, 0.2) is 0 Å². The van der Waals surface area contributed by atoms with Gasteiger partial charge in [0.05, 0.1) is 17.1 Å². The van der Waals surface area contributed by atoms with Crippen LogP contribution in [-0.2, 0) is 0 Å². The van der Waals surface area contributed by atoms with Gasteiger partial charge < -0.3 is 10.6 Å². The molecule has 2 unspecified atom stereocenters. The van der Waals surface area contributed by atoms with Crippen LogP contribution < -0.4 is 10.6 Å². The van der Waals surface area contributed by atoms with Crippen LogP contribution in [0, 0.1) is 16.0 Å². The van der Waals surface area contributed by atoms with Crippen molar-refractivity contribution in [3.63, 3.8) is 0 Å². The maximum Gasteiger partial charge on any atom is 0.276 e. The number of hydrogen-bond acceptors (Lipinski definition) is 5. The highest BCUT2D eigenvalue weighted by Gasteiger charge is 2.24. The molecule has 6 nitrogen and oxygen atoms in total. The zero-order chi connectivity index (χ0) is 14.5. The van der Waals surface area contributed by atoms with Crippen molar-refractivity contribution in [3.05, 3.63) is 22.2 Å². The molecule has 2 rings (SSSR count). The van der Waals surface area contributed by atoms with Crippen LogP contribution in [0.1, 0.15) is 39.0 Å². The Kier molecular flexibility index (Phi) is 4.76. The van der Waals surface area contributed by atoms with E-state index in [0.717, 1.165) is 12.8 Å². The molecular formula is C14H22N4O2. The summed E-state index contributed by atoms with van der Waals surface area (Å²) >= 11 is 0. The lowest BCUT2D eigenvalue weighted by Gasteiger charge is -2.31. The summed E-state index contributed by atoms with van der Waals surface area (Å²) in [7, 11) is 1.71. The minimum Gasteiger partial charge on any atom is -0.373 e. The van der Waals surface area contributed by atoms with Crippen molar-refractivity contribution in [1.82, 2.24) is 4.98 Å². The second-order valence-corrected chi connectivity index (χ2v) is 5.31. The van der Waals surface area contributed by atoms with Gasteiger partial charge in [0, 0.05) is 13.1 Å². The Morgan fingerprint density at radius 2 is 2.05 bits per heavy atom. The first-order chi connectivity index (χ1) is 9.63. The first-order valence-corrected chi connectivity index (χ1v) is 7.24. The number of nitro groups is 1. The maximum atomic E-state index is 11.0. The minimum absolute atomic E-state index is 0.0655. The Hall–Kier alpha value is -1.85. The predicted molar refractivity (Wildman–Crippen MR) is 80.1 cm³/mol. The summed E-state index contributed by atoms with van der Waals surface area (Å²) in [6.07, 6.45) is 5.95. The van der Waals surface area contributed by atoms with Gasteiger partial charge in [0.2, 0.25) is 0 Å². The van der Waals surface area contributed by atoms with Crippen LogP contribution in [0.15, 0.2) is 12.1 Å². The molecule has 0 aliphatic heterocycles. The van der Waals surface area contributed by atoms with E-state index >= 15 is 0 Å². The molecule has 2 N–H and O–H groups in total. The largest absolute Gasteiger partial charge is 0.373 e. The highest BCUT2D eigenvalue weighted by atomic mass is 16.6. The molecule has 0 aromatic carbocycles. The van der Waals surface area contributed by atoms with Gasteiger partial charge in [-0.3, -0.25) is 10.1 Å². The number of anilines is 2. The molecule has 1 aromatic rings. The van der Waals surface area contributed by atoms with E-state index in [9.17, 15) is 10.1 Å². The van der Waals surface area contributed by atoms with Crippen molar-refractivity contribution >= 4 is 17.3 Å². The molecule has 1 aliphatic carbocycles. The molecule has 1 fully saturated rings. The molecule has 20 heavy (non-hydrogen) atoms. The van der Waals surface area contributed by atoms with E-state index in [2.05, 4.69) is 22.5 Å². The average Bonchev–Trinajstić information content (AvgIpc) is 2.47. The molecule has 1 saturated carbocycles. The Morgan fingerprint density at radius 1 is 1.35 bits per heavy atom. The van der Waals surface area contributed by atoms with E-state index in [1.54, 1.807) is 7.05 Å². The topological polar surface area (TPSA) is 80.1 Å². The summed E-state index contributed by atoms with van der Waals surface area (Å²) < 4.78 is 0. The standard InChI is InChI=1S/C14H22N4O2/c1-3-10-6-4-5-7-12(10)16-14-9-11(18(19)20)8-13(15-2)17-14/h8-10,12H,3-7H2,1-2H3,(H2,15,16,17). The van der Waals surface area contributed by atoms with E-state index in [1.807, 2.05) is 0 Å². The van der Waals surface area contributed by atoms with Crippen molar-refractivity contribution in [2.45, 2.75) is 45.1 Å². The summed E-state index contributed by atoms with van der Waals surface area (Å²) in [6.45, 7) is 2.20. The van der Waals surface area contributed by atoms with Gasteiger partial charge in [-0.05, 0) is 18.8 Å². The van der Waals surface area contributed by atoms with Gasteiger partial charge in [-0.2, -0.15) is 0 Å². The summed E-state index contributed by atoms with van der Waals surface area (Å²) in [5.74, 6) is 1.74. The van der Waals surface area contributed by atoms with Crippen molar-refractivity contribution < 1.29 is 4.92 Å². The van der Waals surface area contributed by atoms with Crippen molar-refractivity contribution in [3.8, 4) is 0 Å². The van der Waals surface area contributed by atoms with E-state index < -0.39 is 0 Å². The summed E-state index contributed by atoms with van der Waals surface area (Å²) in [5, 5.41) is 17.2. The summed E-state index contributed by atoms with van der Waals surface area (Å²) in [4.78, 5) is 14.9. The van der Waals surface area contributed by atoms with Crippen LogP contribution >= 0.6 is 0 Å². The molecule has 0 saturated heterocycles. The Bertz CT molecular complexity index is 478. The van der Waals surface area contributed by atoms with E-state index in [-0.39, 0.29) is 10.6 Å². The minimum atomic E-state index is -0.383. The molecule has 0 amide bonds. The van der Waals surface area contributed by atoms with Crippen LogP contribution in [0.3, 0.4) is 0 Å². The van der Waals surface area contributed by atoms with Crippen LogP contribution in [0.5, 0.6) is 0 Å². The van der Waals surface area contributed by atoms with E-state index in [1.165, 1.54) is 31.4 Å². The second kappa shape index (κ2) is 6.54. The maximum absolute atomic E-state index is 11.0. The molecular weight excluding hydrogens is 256 g/mol. The molecule has 0 spiro atoms. The number of hydrogen-bond donors (Lipinski definition) is 2. The fourth-order valence-corrected chi connectivity index (χ4v) is 2.90. The molecule has 2 atom stereocenters. The molecule has 0 radical (unpaired) electrons. The number of rotatable bonds is 5. The van der Waals surface area contributed by atoms with Gasteiger partial charge in [-0.1, -0.05) is 26.2 Å². The first-order valence-electron chi connectivity index (χ1n) is 7.24. The van der Waals surface area contributed by atoms with Crippen molar-refractivity contribution in [2.24, 2.45) is 5.92 Å². The zero-order valence-corrected chi connectivity index (χ0v) is 12.1. The molecule has 110 valence electrons. The third-order valence-electron chi connectivity index (χ3n) is 4.04. The van der Waals surface area contributed by atoms with E-state index in [0.29, 0.717) is 23.6 Å². The normalized spacial score (nSPS) is 22.3. The van der Waals surface area contributed by atoms with Gasteiger partial charge in [-0.15, -0.1) is 0 Å². The number of nitrogens with one attached hydrogen (secondary N) is 2. The second-order valence-electron chi connectivity index (χ2n) is 5.31. The quantitative estimate of drug-likeness (QED) is 0.637. The number of nitrogens with zero attached hydrogens (tertiary/aromatic N) is 2. The highest BCUT2D eigenvalue weighted by Crippen LogP contribution is 2.30. The van der Waals surface area contributed by atoms with E-state index in [4.69, 9.17) is 0 Å². The third-order valence-corrected chi connectivity index (χ3v) is 4.04. The van der Waals surface area contributed by atoms with Crippen LogP contribution in [0.25, 0.3) is 0 Å². The molecule has 1 heterocycles. The molecule has 0 bridgehead atoms. The average molecular weight is 278 g/mol. The van der Waals surface area contributed by atoms with Gasteiger partial charge in [-0.25, -0.2) is 4.98 Å². The number of pyridine rings is 1. The lowest BCUT2D eigenvalue weighted by atomic mass is 9.83. The Balaban J connectivity index is 2.18. The molecule has 1 aliphatic rings. The van der Waals surface area contributed by atoms with Gasteiger partial charge in [0.1, 0.15) is 11.6 Å². The zero-order valence-electron chi connectivity index (χ0n) is 12.1. The van der Waals surface area contributed by atoms with Crippen molar-refractivity contribution in [1.29, 1.82) is 0 Å². The molecule has 6 heteroatoms. The van der Waals surface area contributed by atoms with Crippen LogP contribution in [0.4, 0.5) is 17.3 Å². The van der Waals surface area contributed by atoms with Gasteiger partial charge in [0.25, 0.3) is 5.69 Å². The lowest BCUT2D eigenvalue weighted by Crippen LogP contribution is -2.32. The summed E-state index contributed by atoms with van der Waals surface area (Å²) in [6, 6.07) is 3.33. The Labute approximate surface area is 119 Å². The first kappa shape index (κ1) is 14.6. The monoisotopic (exact) mass is 278 g/mol. The smallest absolute Gasteiger partial charge is 0.276 e. The fraction of sp³-hybridized carbons (Fsp3) is 0.643. The van der Waals surface area contributed by atoms with Crippen molar-refractivity contribution in [2.75, 3.05) is 17.7 Å². The summed E-state index contributed by atoms with van der Waals surface area (Å²) in [5.41, 5.74) is 0.0655. The number of aromatic nitrogens is 1. The lowest BCUT2D eigenvalue weighted by molar-refractivity contribution is -0.384.